The summed E-state index contributed by atoms with van der Waals surface area (Å²) in [5, 5.41) is 5.57. The number of hydrogen-bond acceptors (Lipinski definition) is 4. The van der Waals surface area contributed by atoms with Gasteiger partial charge in [-0.15, -0.1) is 0 Å². The number of nitrogens with two attached hydrogens (primary N) is 1. The lowest BCUT2D eigenvalue weighted by atomic mass is 10.2. The van der Waals surface area contributed by atoms with E-state index in [1.54, 1.807) is 6.20 Å². The molecule has 2 N–H and O–H groups in total. The molecule has 0 aliphatic carbocycles. The molecule has 3 heterocycles. The maximum atomic E-state index is 5.76. The molecule has 0 radical (unpaired) electrons. The zero-order valence-electron chi connectivity index (χ0n) is 9.27. The van der Waals surface area contributed by atoms with E-state index in [-0.39, 0.29) is 6.23 Å². The van der Waals surface area contributed by atoms with Crippen molar-refractivity contribution in [2.45, 2.75) is 25.5 Å². The van der Waals surface area contributed by atoms with Crippen molar-refractivity contribution >= 4 is 39.3 Å². The second-order valence-corrected chi connectivity index (χ2v) is 5.20. The predicted molar refractivity (Wildman–Crippen MR) is 73.5 cm³/mol. The molecule has 0 aromatic carbocycles. The summed E-state index contributed by atoms with van der Waals surface area (Å²) in [6.45, 7) is 0.809. The Morgan fingerprint density at radius 1 is 1.47 bits per heavy atom. The summed E-state index contributed by atoms with van der Waals surface area (Å²) in [5.74, 6) is 0.519. The topological polar surface area (TPSA) is 66.0 Å². The number of fused-ring (bicyclic) bond motifs is 1. The summed E-state index contributed by atoms with van der Waals surface area (Å²) in [7, 11) is 0. The Labute approximate surface area is 112 Å². The molecule has 1 aliphatic rings. The number of nitrogen functional groups attached to an aromatic ring is 1. The second-order valence-electron chi connectivity index (χ2n) is 4.18. The first-order valence-corrected chi connectivity index (χ1v) is 6.74. The summed E-state index contributed by atoms with van der Waals surface area (Å²) in [6, 6.07) is 1.86. The van der Waals surface area contributed by atoms with Crippen LogP contribution in [0.1, 0.15) is 25.5 Å². The fourth-order valence-electron chi connectivity index (χ4n) is 2.15. The summed E-state index contributed by atoms with van der Waals surface area (Å²) < 4.78 is 8.64. The van der Waals surface area contributed by atoms with Crippen molar-refractivity contribution in [3.05, 3.63) is 16.0 Å². The third kappa shape index (κ3) is 1.99. The first-order valence-electron chi connectivity index (χ1n) is 5.66. The molecular formula is C11H13IN4O. The molecule has 17 heavy (non-hydrogen) atoms. The first-order chi connectivity index (χ1) is 8.25. The molecule has 0 saturated carbocycles. The van der Waals surface area contributed by atoms with E-state index in [2.05, 4.69) is 32.7 Å². The lowest BCUT2D eigenvalue weighted by Gasteiger charge is -2.23. The van der Waals surface area contributed by atoms with Gasteiger partial charge in [0.2, 0.25) is 0 Å². The Balaban J connectivity index is 2.11. The molecule has 90 valence electrons. The molecule has 1 saturated heterocycles. The third-order valence-corrected chi connectivity index (χ3v) is 3.79. The molecule has 0 spiro atoms. The normalized spacial score (nSPS) is 20.9. The number of pyridine rings is 1. The molecule has 0 amide bonds. The maximum absolute atomic E-state index is 5.76. The highest BCUT2D eigenvalue weighted by molar-refractivity contribution is 14.1. The number of rotatable bonds is 1. The molecule has 5 nitrogen and oxygen atoms in total. The van der Waals surface area contributed by atoms with Crippen molar-refractivity contribution in [1.29, 1.82) is 0 Å². The lowest BCUT2D eigenvalue weighted by molar-refractivity contribution is -0.0368. The summed E-state index contributed by atoms with van der Waals surface area (Å²) in [4.78, 5) is 4.11. The second kappa shape index (κ2) is 4.41. The van der Waals surface area contributed by atoms with Crippen LogP contribution in [0, 0.1) is 3.70 Å². The van der Waals surface area contributed by atoms with Gasteiger partial charge in [-0.3, -0.25) is 0 Å². The Bertz CT molecular complexity index is 548. The predicted octanol–water partition coefficient (Wildman–Crippen LogP) is 2.32. The molecule has 1 atom stereocenters. The molecule has 6 heteroatoms. The van der Waals surface area contributed by atoms with Crippen LogP contribution in [0.25, 0.3) is 10.9 Å². The summed E-state index contributed by atoms with van der Waals surface area (Å²) >= 11 is 2.22. The van der Waals surface area contributed by atoms with Crippen molar-refractivity contribution < 1.29 is 4.74 Å². The van der Waals surface area contributed by atoms with Gasteiger partial charge in [-0.25, -0.2) is 9.67 Å². The van der Waals surface area contributed by atoms with Gasteiger partial charge in [-0.2, -0.15) is 5.10 Å². The minimum Gasteiger partial charge on any atom is -0.384 e. The smallest absolute Gasteiger partial charge is 0.150 e. The maximum Gasteiger partial charge on any atom is 0.150 e. The highest BCUT2D eigenvalue weighted by Crippen LogP contribution is 2.28. The molecule has 2 aromatic heterocycles. The van der Waals surface area contributed by atoms with E-state index >= 15 is 0 Å². The van der Waals surface area contributed by atoms with Crippen LogP contribution in [0.3, 0.4) is 0 Å². The zero-order valence-corrected chi connectivity index (χ0v) is 11.4. The Hall–Kier alpha value is -0.890. The lowest BCUT2D eigenvalue weighted by Crippen LogP contribution is -2.19. The average Bonchev–Trinajstić information content (AvgIpc) is 2.67. The molecule has 2 aromatic rings. The van der Waals surface area contributed by atoms with E-state index in [1.165, 1.54) is 6.42 Å². The van der Waals surface area contributed by atoms with Gasteiger partial charge in [-0.05, 0) is 41.9 Å². The Morgan fingerprint density at radius 3 is 3.12 bits per heavy atom. The molecular weight excluding hydrogens is 331 g/mol. The van der Waals surface area contributed by atoms with Crippen molar-refractivity contribution in [3.8, 4) is 0 Å². The zero-order chi connectivity index (χ0) is 11.8. The van der Waals surface area contributed by atoms with Gasteiger partial charge in [-0.1, -0.05) is 0 Å². The largest absolute Gasteiger partial charge is 0.384 e. The minimum absolute atomic E-state index is 0.0385. The number of aromatic nitrogens is 3. The van der Waals surface area contributed by atoms with Gasteiger partial charge < -0.3 is 10.5 Å². The van der Waals surface area contributed by atoms with Crippen LogP contribution < -0.4 is 5.73 Å². The first kappa shape index (κ1) is 11.2. The van der Waals surface area contributed by atoms with Crippen LogP contribution in [0.2, 0.25) is 0 Å². The van der Waals surface area contributed by atoms with Crippen LogP contribution in [0.4, 0.5) is 5.82 Å². The highest BCUT2D eigenvalue weighted by atomic mass is 127. The fraction of sp³-hybridized carbons (Fsp3) is 0.455. The molecule has 3 rings (SSSR count). The van der Waals surface area contributed by atoms with E-state index < -0.39 is 0 Å². The fourth-order valence-corrected chi connectivity index (χ4v) is 2.80. The SMILES string of the molecule is Nc1cc2c(cn1)c(I)nn2C1CCCCO1. The number of ether oxygens (including phenoxy) is 1. The quantitative estimate of drug-likeness (QED) is 0.807. The third-order valence-electron chi connectivity index (χ3n) is 3.00. The van der Waals surface area contributed by atoms with E-state index in [4.69, 9.17) is 10.5 Å². The monoisotopic (exact) mass is 344 g/mol. The van der Waals surface area contributed by atoms with Gasteiger partial charge >= 0.3 is 0 Å². The van der Waals surface area contributed by atoms with Crippen LogP contribution >= 0.6 is 22.6 Å². The van der Waals surface area contributed by atoms with E-state index in [0.717, 1.165) is 34.1 Å². The van der Waals surface area contributed by atoms with Crippen molar-refractivity contribution in [3.63, 3.8) is 0 Å². The van der Waals surface area contributed by atoms with Crippen LogP contribution in [0.5, 0.6) is 0 Å². The van der Waals surface area contributed by atoms with E-state index in [0.29, 0.717) is 5.82 Å². The standard InChI is InChI=1S/C11H13IN4O/c12-11-7-6-14-9(13)5-8(7)16(15-11)10-3-1-2-4-17-10/h5-6,10H,1-4H2,(H2,13,14). The number of anilines is 1. The van der Waals surface area contributed by atoms with E-state index in [9.17, 15) is 0 Å². The summed E-state index contributed by atoms with van der Waals surface area (Å²) in [5.41, 5.74) is 6.74. The van der Waals surface area contributed by atoms with E-state index in [1.807, 2.05) is 10.7 Å². The van der Waals surface area contributed by atoms with Crippen LogP contribution in [-0.4, -0.2) is 21.4 Å². The van der Waals surface area contributed by atoms with Gasteiger partial charge in [0.15, 0.2) is 6.23 Å². The number of hydrogen-bond donors (Lipinski definition) is 1. The Kier molecular flexibility index (Phi) is 2.91. The number of halogens is 1. The molecule has 1 aliphatic heterocycles. The van der Waals surface area contributed by atoms with Gasteiger partial charge in [0.25, 0.3) is 0 Å². The van der Waals surface area contributed by atoms with Gasteiger partial charge in [0, 0.05) is 18.9 Å². The van der Waals surface area contributed by atoms with Crippen molar-refractivity contribution in [2.24, 2.45) is 0 Å². The van der Waals surface area contributed by atoms with Crippen molar-refractivity contribution in [1.82, 2.24) is 14.8 Å². The molecule has 1 fully saturated rings. The average molecular weight is 344 g/mol. The van der Waals surface area contributed by atoms with Gasteiger partial charge in [0.1, 0.15) is 9.52 Å². The molecule has 0 bridgehead atoms. The van der Waals surface area contributed by atoms with Crippen molar-refractivity contribution in [2.75, 3.05) is 12.3 Å². The van der Waals surface area contributed by atoms with Gasteiger partial charge in [0.05, 0.1) is 10.9 Å². The van der Waals surface area contributed by atoms with Crippen LogP contribution in [-0.2, 0) is 4.74 Å². The molecule has 1 unspecified atom stereocenters. The Morgan fingerprint density at radius 2 is 2.35 bits per heavy atom. The number of nitrogens with zero attached hydrogens (tertiary/aromatic N) is 3. The van der Waals surface area contributed by atoms with Crippen LogP contribution in [0.15, 0.2) is 12.3 Å². The minimum atomic E-state index is 0.0385. The highest BCUT2D eigenvalue weighted by Gasteiger charge is 2.20. The summed E-state index contributed by atoms with van der Waals surface area (Å²) in [6.07, 6.45) is 5.14.